The maximum atomic E-state index is 13.0. The summed E-state index contributed by atoms with van der Waals surface area (Å²) in [6, 6.07) is 4.13. The summed E-state index contributed by atoms with van der Waals surface area (Å²) in [5.41, 5.74) is 4.51. The molecule has 1 amide bonds. The number of esters is 1. The van der Waals surface area contributed by atoms with Crippen LogP contribution in [0.1, 0.15) is 35.8 Å². The molecule has 1 aromatic carbocycles. The van der Waals surface area contributed by atoms with Gasteiger partial charge in [0.05, 0.1) is 17.7 Å². The number of primary amides is 1. The van der Waals surface area contributed by atoms with E-state index in [1.165, 1.54) is 6.07 Å². The molecule has 0 fully saturated rings. The Hall–Kier alpha value is -2.84. The van der Waals surface area contributed by atoms with Crippen LogP contribution in [-0.2, 0) is 15.7 Å². The minimum atomic E-state index is -4.53. The molecule has 1 aromatic heterocycles. The third-order valence-corrected chi connectivity index (χ3v) is 3.57. The lowest BCUT2D eigenvalue weighted by atomic mass is 10.1. The van der Waals surface area contributed by atoms with Crippen LogP contribution < -0.4 is 11.1 Å². The molecule has 0 atom stereocenters. The van der Waals surface area contributed by atoms with Crippen molar-refractivity contribution in [2.75, 3.05) is 18.5 Å². The van der Waals surface area contributed by atoms with E-state index in [1.54, 1.807) is 0 Å². The maximum absolute atomic E-state index is 13.0. The van der Waals surface area contributed by atoms with Crippen molar-refractivity contribution in [3.8, 4) is 0 Å². The van der Waals surface area contributed by atoms with Crippen molar-refractivity contribution in [1.29, 1.82) is 0 Å². The van der Waals surface area contributed by atoms with Crippen LogP contribution in [0.3, 0.4) is 0 Å². The molecule has 2 aromatic rings. The van der Waals surface area contributed by atoms with Gasteiger partial charge in [-0.05, 0) is 30.7 Å². The molecular formula is C17H18F3N3O3. The summed E-state index contributed by atoms with van der Waals surface area (Å²) < 4.78 is 43.8. The Morgan fingerprint density at radius 1 is 1.27 bits per heavy atom. The average molecular weight is 369 g/mol. The van der Waals surface area contributed by atoms with Crippen molar-refractivity contribution in [2.24, 2.45) is 5.73 Å². The first-order chi connectivity index (χ1) is 12.2. The van der Waals surface area contributed by atoms with Crippen molar-refractivity contribution in [3.05, 3.63) is 35.5 Å². The highest BCUT2D eigenvalue weighted by Crippen LogP contribution is 2.33. The van der Waals surface area contributed by atoms with Gasteiger partial charge >= 0.3 is 12.1 Å². The van der Waals surface area contributed by atoms with Crippen LogP contribution in [0.4, 0.5) is 18.9 Å². The number of halogens is 3. The summed E-state index contributed by atoms with van der Waals surface area (Å²) in [5, 5.41) is 2.82. The summed E-state index contributed by atoms with van der Waals surface area (Å²) >= 11 is 0. The lowest BCUT2D eigenvalue weighted by molar-refractivity contribution is -0.141. The lowest BCUT2D eigenvalue weighted by Gasteiger charge is -2.13. The Morgan fingerprint density at radius 2 is 2.00 bits per heavy atom. The van der Waals surface area contributed by atoms with Gasteiger partial charge in [0.25, 0.3) is 5.91 Å². The van der Waals surface area contributed by atoms with Gasteiger partial charge in [-0.3, -0.25) is 9.59 Å². The van der Waals surface area contributed by atoms with Gasteiger partial charge in [-0.25, -0.2) is 4.98 Å². The van der Waals surface area contributed by atoms with E-state index in [0.717, 1.165) is 24.6 Å². The predicted octanol–water partition coefficient (Wildman–Crippen LogP) is 3.11. The van der Waals surface area contributed by atoms with Crippen LogP contribution in [0, 0.1) is 0 Å². The summed E-state index contributed by atoms with van der Waals surface area (Å²) in [6.07, 6.45) is -2.96. The van der Waals surface area contributed by atoms with E-state index in [9.17, 15) is 22.8 Å². The summed E-state index contributed by atoms with van der Waals surface area (Å²) in [6.45, 7) is 1.94. The molecule has 140 valence electrons. The van der Waals surface area contributed by atoms with Gasteiger partial charge in [-0.15, -0.1) is 0 Å². The second-order valence-electron chi connectivity index (χ2n) is 5.58. The van der Waals surface area contributed by atoms with E-state index in [4.69, 9.17) is 10.5 Å². The molecular weight excluding hydrogens is 351 g/mol. The van der Waals surface area contributed by atoms with Crippen molar-refractivity contribution in [3.63, 3.8) is 0 Å². The fourth-order valence-electron chi connectivity index (χ4n) is 2.22. The number of carbonyl (C=O) groups excluding carboxylic acids is 2. The maximum Gasteiger partial charge on any atom is 0.416 e. The van der Waals surface area contributed by atoms with Gasteiger partial charge in [0, 0.05) is 11.1 Å². The van der Waals surface area contributed by atoms with Crippen molar-refractivity contribution >= 4 is 28.5 Å². The highest BCUT2D eigenvalue weighted by atomic mass is 19.4. The van der Waals surface area contributed by atoms with Crippen LogP contribution in [0.5, 0.6) is 0 Å². The number of aromatic nitrogens is 1. The van der Waals surface area contributed by atoms with Gasteiger partial charge in [0.15, 0.2) is 0 Å². The molecule has 2 rings (SSSR count). The molecule has 0 saturated carbocycles. The monoisotopic (exact) mass is 369 g/mol. The van der Waals surface area contributed by atoms with Crippen LogP contribution >= 0.6 is 0 Å². The van der Waals surface area contributed by atoms with E-state index in [-0.39, 0.29) is 35.4 Å². The van der Waals surface area contributed by atoms with Crippen molar-refractivity contribution in [1.82, 2.24) is 4.98 Å². The van der Waals surface area contributed by atoms with E-state index in [0.29, 0.717) is 6.42 Å². The molecule has 0 unspecified atom stereocenters. The standard InChI is InChI=1S/C17H18F3N3O3/c1-2-3-6-26-15(24)9-22-13-8-14(16(21)25)23-12-5-4-10(7-11(12)13)17(18,19)20/h4-5,7-8H,2-3,6,9H2,1H3,(H2,21,25)(H,22,23). The molecule has 0 aliphatic carbocycles. The number of nitrogens with zero attached hydrogens (tertiary/aromatic N) is 1. The van der Waals surface area contributed by atoms with Gasteiger partial charge in [-0.2, -0.15) is 13.2 Å². The van der Waals surface area contributed by atoms with E-state index < -0.39 is 23.6 Å². The molecule has 0 aliphatic rings. The molecule has 0 radical (unpaired) electrons. The fourth-order valence-corrected chi connectivity index (χ4v) is 2.22. The summed E-state index contributed by atoms with van der Waals surface area (Å²) in [7, 11) is 0. The molecule has 3 N–H and O–H groups in total. The Morgan fingerprint density at radius 3 is 2.62 bits per heavy atom. The number of carbonyl (C=O) groups is 2. The third-order valence-electron chi connectivity index (χ3n) is 3.57. The molecule has 0 bridgehead atoms. The smallest absolute Gasteiger partial charge is 0.416 e. The lowest BCUT2D eigenvalue weighted by Crippen LogP contribution is -2.19. The van der Waals surface area contributed by atoms with Crippen LogP contribution in [0.15, 0.2) is 24.3 Å². The second kappa shape index (κ2) is 8.03. The molecule has 1 heterocycles. The molecule has 0 aliphatic heterocycles. The number of unbranched alkanes of at least 4 members (excludes halogenated alkanes) is 1. The highest BCUT2D eigenvalue weighted by Gasteiger charge is 2.31. The van der Waals surface area contributed by atoms with Gasteiger partial charge in [0.1, 0.15) is 12.2 Å². The first-order valence-electron chi connectivity index (χ1n) is 7.93. The Kier molecular flexibility index (Phi) is 6.01. The summed E-state index contributed by atoms with van der Waals surface area (Å²) in [4.78, 5) is 27.0. The molecule has 6 nitrogen and oxygen atoms in total. The number of anilines is 1. The highest BCUT2D eigenvalue weighted by molar-refractivity contribution is 5.99. The number of fused-ring (bicyclic) bond motifs is 1. The molecule has 9 heteroatoms. The van der Waals surface area contributed by atoms with Crippen LogP contribution in [0.25, 0.3) is 10.9 Å². The molecule has 0 saturated heterocycles. The SMILES string of the molecule is CCCCOC(=O)CNc1cc(C(N)=O)nc2ccc(C(F)(F)F)cc12. The van der Waals surface area contributed by atoms with E-state index in [2.05, 4.69) is 10.3 Å². The van der Waals surface area contributed by atoms with Crippen LogP contribution in [0.2, 0.25) is 0 Å². The zero-order valence-electron chi connectivity index (χ0n) is 14.0. The number of nitrogens with two attached hydrogens (primary N) is 1. The first kappa shape index (κ1) is 19.5. The quantitative estimate of drug-likeness (QED) is 0.578. The Balaban J connectivity index is 2.34. The van der Waals surface area contributed by atoms with Crippen molar-refractivity contribution in [2.45, 2.75) is 25.9 Å². The normalized spacial score (nSPS) is 11.4. The minimum Gasteiger partial charge on any atom is -0.464 e. The van der Waals surface area contributed by atoms with E-state index in [1.807, 2.05) is 6.92 Å². The predicted molar refractivity (Wildman–Crippen MR) is 89.6 cm³/mol. The van der Waals surface area contributed by atoms with Crippen molar-refractivity contribution < 1.29 is 27.5 Å². The number of benzene rings is 1. The number of nitrogens with one attached hydrogen (secondary N) is 1. The number of hydrogen-bond donors (Lipinski definition) is 2. The Bertz CT molecular complexity index is 822. The van der Waals surface area contributed by atoms with Gasteiger partial charge < -0.3 is 15.8 Å². The minimum absolute atomic E-state index is 0.117. The first-order valence-corrected chi connectivity index (χ1v) is 7.93. The average Bonchev–Trinajstić information content (AvgIpc) is 2.58. The second-order valence-corrected chi connectivity index (χ2v) is 5.58. The van der Waals surface area contributed by atoms with Gasteiger partial charge in [0.2, 0.25) is 0 Å². The summed E-state index contributed by atoms with van der Waals surface area (Å²) in [5.74, 6) is -1.39. The topological polar surface area (TPSA) is 94.3 Å². The van der Waals surface area contributed by atoms with E-state index >= 15 is 0 Å². The number of hydrogen-bond acceptors (Lipinski definition) is 5. The molecule has 0 spiro atoms. The fraction of sp³-hybridized carbons (Fsp3) is 0.353. The largest absolute Gasteiger partial charge is 0.464 e. The molecule has 26 heavy (non-hydrogen) atoms. The number of pyridine rings is 1. The third kappa shape index (κ3) is 4.84. The zero-order chi connectivity index (χ0) is 19.3. The zero-order valence-corrected chi connectivity index (χ0v) is 14.0. The number of amides is 1. The number of rotatable bonds is 7. The number of alkyl halides is 3. The van der Waals surface area contributed by atoms with Gasteiger partial charge in [-0.1, -0.05) is 13.3 Å². The van der Waals surface area contributed by atoms with Crippen LogP contribution in [-0.4, -0.2) is 30.0 Å². The Labute approximate surface area is 147 Å². The number of ether oxygens (including phenoxy) is 1.